The van der Waals surface area contributed by atoms with Gasteiger partial charge < -0.3 is 5.32 Å². The van der Waals surface area contributed by atoms with E-state index in [9.17, 15) is 8.42 Å². The minimum atomic E-state index is -2.64. The van der Waals surface area contributed by atoms with E-state index in [1.165, 1.54) is 17.9 Å². The first-order chi connectivity index (χ1) is 6.16. The van der Waals surface area contributed by atoms with Crippen molar-refractivity contribution in [3.05, 3.63) is 0 Å². The van der Waals surface area contributed by atoms with Crippen LogP contribution in [0.15, 0.2) is 0 Å². The molecule has 76 valence electrons. The normalized spacial score (nSPS) is 33.1. The van der Waals surface area contributed by atoms with E-state index in [-0.39, 0.29) is 6.04 Å². The van der Waals surface area contributed by atoms with E-state index in [0.717, 1.165) is 12.5 Å². The third-order valence-corrected chi connectivity index (χ3v) is 5.68. The van der Waals surface area contributed by atoms with Gasteiger partial charge in [-0.3, -0.25) is 0 Å². The van der Waals surface area contributed by atoms with Crippen LogP contribution in [-0.2, 0) is 9.84 Å². The molecule has 2 aliphatic heterocycles. The van der Waals surface area contributed by atoms with E-state index in [4.69, 9.17) is 0 Å². The molecule has 0 aromatic carbocycles. The Morgan fingerprint density at radius 2 is 2.15 bits per heavy atom. The summed E-state index contributed by atoms with van der Waals surface area (Å²) in [5, 5.41) is 3.32. The van der Waals surface area contributed by atoms with Crippen LogP contribution in [0.3, 0.4) is 0 Å². The zero-order valence-corrected chi connectivity index (χ0v) is 9.16. The van der Waals surface area contributed by atoms with Crippen LogP contribution in [0.1, 0.15) is 6.42 Å². The molecule has 2 aliphatic rings. The van der Waals surface area contributed by atoms with E-state index in [1.54, 1.807) is 0 Å². The van der Waals surface area contributed by atoms with Crippen LogP contribution in [0.2, 0.25) is 0 Å². The SMILES string of the molecule is O=S1(=O)CC(NCC2CCSC2)C1. The summed E-state index contributed by atoms with van der Waals surface area (Å²) in [4.78, 5) is 0. The second-order valence-corrected chi connectivity index (χ2v) is 7.22. The summed E-state index contributed by atoms with van der Waals surface area (Å²) in [6, 6.07) is 0.246. The molecule has 2 saturated heterocycles. The van der Waals surface area contributed by atoms with Gasteiger partial charge in [-0.2, -0.15) is 11.8 Å². The first-order valence-electron chi connectivity index (χ1n) is 4.67. The standard InChI is InChI=1S/C8H15NO2S2/c10-13(11)5-8(6-13)9-3-7-1-2-12-4-7/h7-9H,1-6H2. The topological polar surface area (TPSA) is 46.2 Å². The molecule has 0 saturated carbocycles. The number of thioether (sulfide) groups is 1. The predicted molar refractivity (Wildman–Crippen MR) is 55.9 cm³/mol. The number of rotatable bonds is 3. The largest absolute Gasteiger partial charge is 0.312 e. The van der Waals surface area contributed by atoms with E-state index in [0.29, 0.717) is 11.5 Å². The Kier molecular flexibility index (Phi) is 2.86. The lowest BCUT2D eigenvalue weighted by molar-refractivity contribution is 0.460. The molecule has 5 heteroatoms. The Hall–Kier alpha value is 0.260. The number of hydrogen-bond donors (Lipinski definition) is 1. The molecule has 0 bridgehead atoms. The Balaban J connectivity index is 1.64. The fourth-order valence-electron chi connectivity index (χ4n) is 1.76. The van der Waals surface area contributed by atoms with Gasteiger partial charge in [-0.25, -0.2) is 8.42 Å². The molecule has 0 amide bonds. The molecule has 0 radical (unpaired) electrons. The van der Waals surface area contributed by atoms with Gasteiger partial charge in [-0.05, 0) is 30.4 Å². The lowest BCUT2D eigenvalue weighted by Gasteiger charge is -2.27. The predicted octanol–water partition coefficient (Wildman–Crippen LogP) is 0.126. The molecule has 1 N–H and O–H groups in total. The maximum Gasteiger partial charge on any atom is 0.153 e. The van der Waals surface area contributed by atoms with Gasteiger partial charge in [0.05, 0.1) is 11.5 Å². The van der Waals surface area contributed by atoms with Crippen LogP contribution in [0.25, 0.3) is 0 Å². The van der Waals surface area contributed by atoms with Crippen molar-refractivity contribution >= 4 is 21.6 Å². The van der Waals surface area contributed by atoms with Gasteiger partial charge >= 0.3 is 0 Å². The minimum Gasteiger partial charge on any atom is -0.312 e. The summed E-state index contributed by atoms with van der Waals surface area (Å²) >= 11 is 2.00. The van der Waals surface area contributed by atoms with Crippen molar-refractivity contribution in [2.75, 3.05) is 29.6 Å². The Morgan fingerprint density at radius 3 is 2.69 bits per heavy atom. The van der Waals surface area contributed by atoms with Crippen molar-refractivity contribution in [2.24, 2.45) is 5.92 Å². The molecule has 1 unspecified atom stereocenters. The maximum absolute atomic E-state index is 10.8. The second kappa shape index (κ2) is 3.79. The van der Waals surface area contributed by atoms with Gasteiger partial charge in [0.25, 0.3) is 0 Å². The molecule has 0 aromatic heterocycles. The smallest absolute Gasteiger partial charge is 0.153 e. The van der Waals surface area contributed by atoms with Crippen molar-refractivity contribution in [1.29, 1.82) is 0 Å². The van der Waals surface area contributed by atoms with Crippen LogP contribution in [-0.4, -0.2) is 44.0 Å². The average molecular weight is 221 g/mol. The quantitative estimate of drug-likeness (QED) is 0.735. The average Bonchev–Trinajstić information content (AvgIpc) is 2.48. The highest BCUT2D eigenvalue weighted by Crippen LogP contribution is 2.23. The van der Waals surface area contributed by atoms with E-state index in [2.05, 4.69) is 5.32 Å². The van der Waals surface area contributed by atoms with E-state index in [1.807, 2.05) is 11.8 Å². The van der Waals surface area contributed by atoms with E-state index >= 15 is 0 Å². The summed E-state index contributed by atoms with van der Waals surface area (Å²) in [6.45, 7) is 1.01. The van der Waals surface area contributed by atoms with Crippen LogP contribution in [0, 0.1) is 5.92 Å². The van der Waals surface area contributed by atoms with Gasteiger partial charge in [-0.1, -0.05) is 0 Å². The molecule has 0 spiro atoms. The number of hydrogen-bond acceptors (Lipinski definition) is 4. The first-order valence-corrected chi connectivity index (χ1v) is 7.65. The maximum atomic E-state index is 10.8. The molecule has 2 heterocycles. The number of nitrogens with one attached hydrogen (secondary N) is 1. The molecule has 1 atom stereocenters. The highest BCUT2D eigenvalue weighted by atomic mass is 32.2. The minimum absolute atomic E-state index is 0.246. The molecule has 2 rings (SSSR count). The second-order valence-electron chi connectivity index (χ2n) is 3.91. The van der Waals surface area contributed by atoms with Crippen LogP contribution in [0.5, 0.6) is 0 Å². The molecule has 0 aromatic rings. The lowest BCUT2D eigenvalue weighted by atomic mass is 10.1. The summed E-state index contributed by atoms with van der Waals surface area (Å²) in [6.07, 6.45) is 1.29. The van der Waals surface area contributed by atoms with Gasteiger partial charge in [-0.15, -0.1) is 0 Å². The monoisotopic (exact) mass is 221 g/mol. The van der Waals surface area contributed by atoms with Crippen molar-refractivity contribution in [3.8, 4) is 0 Å². The van der Waals surface area contributed by atoms with E-state index < -0.39 is 9.84 Å². The van der Waals surface area contributed by atoms with Crippen LogP contribution < -0.4 is 5.32 Å². The van der Waals surface area contributed by atoms with Gasteiger partial charge in [0.1, 0.15) is 0 Å². The molecule has 3 nitrogen and oxygen atoms in total. The van der Waals surface area contributed by atoms with Crippen molar-refractivity contribution in [3.63, 3.8) is 0 Å². The van der Waals surface area contributed by atoms with Crippen LogP contribution >= 0.6 is 11.8 Å². The molecular formula is C8H15NO2S2. The first kappa shape index (κ1) is 9.80. The third-order valence-electron chi connectivity index (χ3n) is 2.63. The zero-order chi connectivity index (χ0) is 9.31. The van der Waals surface area contributed by atoms with Crippen molar-refractivity contribution in [1.82, 2.24) is 5.32 Å². The third kappa shape index (κ3) is 2.60. The Morgan fingerprint density at radius 1 is 1.38 bits per heavy atom. The fraction of sp³-hybridized carbons (Fsp3) is 1.00. The van der Waals surface area contributed by atoms with Crippen LogP contribution in [0.4, 0.5) is 0 Å². The molecule has 13 heavy (non-hydrogen) atoms. The molecular weight excluding hydrogens is 206 g/mol. The molecule has 2 fully saturated rings. The fourth-order valence-corrected chi connectivity index (χ4v) is 4.41. The molecule has 0 aliphatic carbocycles. The highest BCUT2D eigenvalue weighted by Gasteiger charge is 2.33. The lowest BCUT2D eigenvalue weighted by Crippen LogP contribution is -2.52. The van der Waals surface area contributed by atoms with Crippen molar-refractivity contribution in [2.45, 2.75) is 12.5 Å². The summed E-state index contributed by atoms with van der Waals surface area (Å²) < 4.78 is 21.7. The van der Waals surface area contributed by atoms with Crippen molar-refractivity contribution < 1.29 is 8.42 Å². The summed E-state index contributed by atoms with van der Waals surface area (Å²) in [5.41, 5.74) is 0. The van der Waals surface area contributed by atoms with Gasteiger partial charge in [0, 0.05) is 6.04 Å². The van der Waals surface area contributed by atoms with Gasteiger partial charge in [0.2, 0.25) is 0 Å². The number of sulfone groups is 1. The van der Waals surface area contributed by atoms with Gasteiger partial charge in [0.15, 0.2) is 9.84 Å². The Labute approximate surface area is 83.6 Å². The highest BCUT2D eigenvalue weighted by molar-refractivity contribution is 7.99. The zero-order valence-electron chi connectivity index (χ0n) is 7.53. The summed E-state index contributed by atoms with van der Waals surface area (Å²) in [5.74, 6) is 4.00. The summed E-state index contributed by atoms with van der Waals surface area (Å²) in [7, 11) is -2.64. The Bertz CT molecular complexity index is 258.